The van der Waals surface area contributed by atoms with Gasteiger partial charge in [-0.3, -0.25) is 4.79 Å². The quantitative estimate of drug-likeness (QED) is 0.269. The lowest BCUT2D eigenvalue weighted by atomic mass is 10.00. The van der Waals surface area contributed by atoms with Crippen LogP contribution < -0.4 is 10.2 Å². The second-order valence-electron chi connectivity index (χ2n) is 7.54. The van der Waals surface area contributed by atoms with Crippen LogP contribution in [0.15, 0.2) is 63.8 Å². The minimum atomic E-state index is -0.743. The highest BCUT2D eigenvalue weighted by atomic mass is 16.5. The molecule has 0 radical (unpaired) electrons. The van der Waals surface area contributed by atoms with Crippen molar-refractivity contribution in [1.29, 1.82) is 0 Å². The second-order valence-corrected chi connectivity index (χ2v) is 7.54. The molecule has 0 amide bonds. The number of hydrogen-bond donors (Lipinski definition) is 5. The van der Waals surface area contributed by atoms with Crippen molar-refractivity contribution in [3.63, 3.8) is 0 Å². The third-order valence-electron chi connectivity index (χ3n) is 5.13. The molecule has 0 unspecified atom stereocenters. The van der Waals surface area contributed by atoms with E-state index >= 15 is 0 Å². The number of fused-ring (bicyclic) bond motifs is 1. The van der Waals surface area contributed by atoms with Crippen LogP contribution in [-0.4, -0.2) is 38.7 Å². The number of aliphatic hydroxyl groups is 1. The van der Waals surface area contributed by atoms with E-state index in [0.29, 0.717) is 17.5 Å². The molecule has 0 atom stereocenters. The Balaban J connectivity index is 1.80. The van der Waals surface area contributed by atoms with Crippen LogP contribution >= 0.6 is 0 Å². The number of aliphatic hydroxyl groups excluding tert-OH is 1. The number of phenols is 3. The maximum absolute atomic E-state index is 13.0. The van der Waals surface area contributed by atoms with Crippen molar-refractivity contribution < 1.29 is 34.7 Å². The van der Waals surface area contributed by atoms with Gasteiger partial charge in [-0.05, 0) is 41.5 Å². The zero-order valence-corrected chi connectivity index (χ0v) is 17.5. The second kappa shape index (κ2) is 9.13. The molecule has 0 spiro atoms. The first-order chi connectivity index (χ1) is 15.9. The van der Waals surface area contributed by atoms with Gasteiger partial charge in [0.05, 0.1) is 6.61 Å². The lowest BCUT2D eigenvalue weighted by molar-refractivity contribution is 0.234. The van der Waals surface area contributed by atoms with E-state index in [0.717, 1.165) is 5.56 Å². The molecule has 4 rings (SSSR count). The summed E-state index contributed by atoms with van der Waals surface area (Å²) in [7, 11) is 0. The fraction of sp³-hybridized carbons (Fsp3) is 0.160. The molecule has 0 bridgehead atoms. The average Bonchev–Trinajstić information content (AvgIpc) is 2.77. The summed E-state index contributed by atoms with van der Waals surface area (Å²) in [5, 5.41) is 49.6. The Bertz CT molecular complexity index is 1370. The highest BCUT2D eigenvalue weighted by Gasteiger charge is 2.20. The number of phenolic OH excluding ortho intramolecular Hbond substituents is 3. The summed E-state index contributed by atoms with van der Waals surface area (Å²) in [4.78, 5) is 13.0. The Morgan fingerprint density at radius 2 is 1.73 bits per heavy atom. The Morgan fingerprint density at radius 3 is 2.48 bits per heavy atom. The minimum absolute atomic E-state index is 0.00179. The van der Waals surface area contributed by atoms with Gasteiger partial charge in [0.1, 0.15) is 34.0 Å². The van der Waals surface area contributed by atoms with Gasteiger partial charge in [-0.25, -0.2) is 0 Å². The molecule has 1 aromatic heterocycles. The summed E-state index contributed by atoms with van der Waals surface area (Å²) >= 11 is 0. The van der Waals surface area contributed by atoms with Crippen LogP contribution in [-0.2, 0) is 6.42 Å². The Hall–Kier alpha value is -4.17. The van der Waals surface area contributed by atoms with E-state index in [4.69, 9.17) is 14.3 Å². The molecule has 4 aromatic rings. The van der Waals surface area contributed by atoms with Gasteiger partial charge in [0.25, 0.3) is 0 Å². The van der Waals surface area contributed by atoms with Gasteiger partial charge in [0, 0.05) is 37.1 Å². The first-order valence-corrected chi connectivity index (χ1v) is 10.2. The summed E-state index contributed by atoms with van der Waals surface area (Å²) in [5.41, 5.74) is 0.846. The molecule has 33 heavy (non-hydrogen) atoms. The van der Waals surface area contributed by atoms with Crippen LogP contribution in [0.3, 0.4) is 0 Å². The summed E-state index contributed by atoms with van der Waals surface area (Å²) < 4.78 is 11.3. The molecule has 0 saturated carbocycles. The molecule has 0 aliphatic rings. The van der Waals surface area contributed by atoms with Crippen LogP contribution in [0.5, 0.6) is 28.7 Å². The maximum atomic E-state index is 13.0. The molecule has 0 fully saturated rings. The van der Waals surface area contributed by atoms with E-state index in [9.17, 15) is 25.2 Å². The fourth-order valence-electron chi connectivity index (χ4n) is 3.57. The van der Waals surface area contributed by atoms with Gasteiger partial charge >= 0.3 is 0 Å². The number of aromatic hydroxyl groups is 4. The van der Waals surface area contributed by atoms with E-state index < -0.39 is 11.2 Å². The molecule has 0 saturated heterocycles. The third-order valence-corrected chi connectivity index (χ3v) is 5.13. The molecule has 170 valence electrons. The van der Waals surface area contributed by atoms with E-state index in [1.165, 1.54) is 24.3 Å². The third kappa shape index (κ3) is 4.56. The van der Waals surface area contributed by atoms with E-state index in [2.05, 4.69) is 0 Å². The average molecular weight is 450 g/mol. The lowest BCUT2D eigenvalue weighted by Gasteiger charge is -2.12. The molecule has 8 nitrogen and oxygen atoms in total. The number of benzene rings is 3. The van der Waals surface area contributed by atoms with Gasteiger partial charge in [-0.2, -0.15) is 0 Å². The SMILES string of the molecule is O=c1c(O)c(-c2ccc(O)c(Cc3cccc(O)c3)c2)oc2cc(O)cc(OCCCO)c12. The van der Waals surface area contributed by atoms with E-state index in [1.54, 1.807) is 30.3 Å². The predicted molar refractivity (Wildman–Crippen MR) is 121 cm³/mol. The van der Waals surface area contributed by atoms with Crippen molar-refractivity contribution >= 4 is 11.0 Å². The monoisotopic (exact) mass is 450 g/mol. The van der Waals surface area contributed by atoms with Crippen molar-refractivity contribution in [3.8, 4) is 40.1 Å². The first kappa shape index (κ1) is 22.0. The maximum Gasteiger partial charge on any atom is 0.238 e. The zero-order valence-electron chi connectivity index (χ0n) is 17.5. The van der Waals surface area contributed by atoms with Crippen LogP contribution in [0, 0.1) is 0 Å². The summed E-state index contributed by atoms with van der Waals surface area (Å²) in [6.45, 7) is -0.0000924. The van der Waals surface area contributed by atoms with Crippen LogP contribution in [0.25, 0.3) is 22.3 Å². The van der Waals surface area contributed by atoms with Crippen molar-refractivity contribution in [2.45, 2.75) is 12.8 Å². The zero-order chi connectivity index (χ0) is 23.5. The van der Waals surface area contributed by atoms with Gasteiger partial charge in [0.2, 0.25) is 11.2 Å². The first-order valence-electron chi connectivity index (χ1n) is 10.2. The smallest absolute Gasteiger partial charge is 0.238 e. The van der Waals surface area contributed by atoms with Crippen LogP contribution in [0.2, 0.25) is 0 Å². The topological polar surface area (TPSA) is 141 Å². The van der Waals surface area contributed by atoms with Crippen LogP contribution in [0.4, 0.5) is 0 Å². The molecule has 0 aliphatic heterocycles. The van der Waals surface area contributed by atoms with Crippen molar-refractivity contribution in [3.05, 3.63) is 75.9 Å². The highest BCUT2D eigenvalue weighted by Crippen LogP contribution is 2.37. The Kier molecular flexibility index (Phi) is 6.10. The van der Waals surface area contributed by atoms with Gasteiger partial charge in [-0.1, -0.05) is 12.1 Å². The summed E-state index contributed by atoms with van der Waals surface area (Å²) in [6, 6.07) is 13.6. The molecule has 8 heteroatoms. The van der Waals surface area contributed by atoms with E-state index in [-0.39, 0.29) is 59.4 Å². The van der Waals surface area contributed by atoms with Crippen molar-refractivity contribution in [2.75, 3.05) is 13.2 Å². The fourth-order valence-corrected chi connectivity index (χ4v) is 3.57. The molecule has 0 aliphatic carbocycles. The number of hydrogen-bond acceptors (Lipinski definition) is 8. The van der Waals surface area contributed by atoms with Gasteiger partial charge in [0.15, 0.2) is 5.76 Å². The Labute approximate surface area is 188 Å². The molecular formula is C25H22O8. The normalized spacial score (nSPS) is 11.1. The van der Waals surface area contributed by atoms with Crippen LogP contribution in [0.1, 0.15) is 17.5 Å². The van der Waals surface area contributed by atoms with Gasteiger partial charge < -0.3 is 34.7 Å². The summed E-state index contributed by atoms with van der Waals surface area (Å²) in [5.74, 6) is -0.841. The summed E-state index contributed by atoms with van der Waals surface area (Å²) in [6.07, 6.45) is 0.609. The molecule has 3 aromatic carbocycles. The Morgan fingerprint density at radius 1 is 0.909 bits per heavy atom. The minimum Gasteiger partial charge on any atom is -0.508 e. The lowest BCUT2D eigenvalue weighted by Crippen LogP contribution is -2.07. The number of rotatable bonds is 7. The number of ether oxygens (including phenoxy) is 1. The standard InChI is InChI=1S/C25H22O8/c26-7-2-8-32-20-12-18(28)13-21-22(20)23(30)24(31)25(33-21)15-5-6-19(29)16(11-15)9-14-3-1-4-17(27)10-14/h1,3-6,10-13,26-29,31H,2,7-9H2. The molecule has 1 heterocycles. The predicted octanol–water partition coefficient (Wildman–Crippen LogP) is 3.63. The highest BCUT2D eigenvalue weighted by molar-refractivity contribution is 5.88. The van der Waals surface area contributed by atoms with Crippen molar-refractivity contribution in [2.24, 2.45) is 0 Å². The van der Waals surface area contributed by atoms with E-state index in [1.807, 2.05) is 0 Å². The van der Waals surface area contributed by atoms with Gasteiger partial charge in [-0.15, -0.1) is 0 Å². The molecule has 5 N–H and O–H groups in total. The van der Waals surface area contributed by atoms with Crippen molar-refractivity contribution in [1.82, 2.24) is 0 Å². The molecular weight excluding hydrogens is 428 g/mol. The largest absolute Gasteiger partial charge is 0.508 e.